The van der Waals surface area contributed by atoms with Crippen molar-refractivity contribution in [2.24, 2.45) is 0 Å². The van der Waals surface area contributed by atoms with Gasteiger partial charge in [0.2, 0.25) is 5.91 Å². The highest BCUT2D eigenvalue weighted by Crippen LogP contribution is 2.17. The number of hydrogen-bond donors (Lipinski definition) is 2. The van der Waals surface area contributed by atoms with Crippen molar-refractivity contribution in [3.63, 3.8) is 0 Å². The standard InChI is InChI=1S/C14H28N2O2/c1-12(2)18-10-6-5-9-15-11-14(17)16-13-7-3-4-8-13/h12-13,15H,3-11H2,1-2H3,(H,16,17). The molecule has 0 aromatic heterocycles. The van der Waals surface area contributed by atoms with Crippen molar-refractivity contribution in [3.8, 4) is 0 Å². The van der Waals surface area contributed by atoms with Gasteiger partial charge in [-0.1, -0.05) is 12.8 Å². The molecule has 0 spiro atoms. The molecule has 1 saturated carbocycles. The number of unbranched alkanes of at least 4 members (excludes halogenated alkanes) is 1. The predicted octanol–water partition coefficient (Wildman–Crippen LogP) is 1.84. The molecular weight excluding hydrogens is 228 g/mol. The van der Waals surface area contributed by atoms with Crippen molar-refractivity contribution in [2.45, 2.75) is 64.5 Å². The van der Waals surface area contributed by atoms with E-state index in [4.69, 9.17) is 4.74 Å². The van der Waals surface area contributed by atoms with E-state index in [9.17, 15) is 4.79 Å². The van der Waals surface area contributed by atoms with Gasteiger partial charge in [0.1, 0.15) is 0 Å². The van der Waals surface area contributed by atoms with Crippen LogP contribution in [0.5, 0.6) is 0 Å². The van der Waals surface area contributed by atoms with E-state index in [2.05, 4.69) is 10.6 Å². The molecule has 4 nitrogen and oxygen atoms in total. The largest absolute Gasteiger partial charge is 0.379 e. The van der Waals surface area contributed by atoms with Crippen LogP contribution in [-0.2, 0) is 9.53 Å². The third-order valence-electron chi connectivity index (χ3n) is 3.20. The number of rotatable bonds is 9. The highest BCUT2D eigenvalue weighted by atomic mass is 16.5. The first-order valence-corrected chi connectivity index (χ1v) is 7.30. The van der Waals surface area contributed by atoms with Crippen LogP contribution in [0.3, 0.4) is 0 Å². The van der Waals surface area contributed by atoms with Crippen molar-refractivity contribution >= 4 is 5.91 Å². The van der Waals surface area contributed by atoms with Gasteiger partial charge >= 0.3 is 0 Å². The molecular formula is C14H28N2O2. The van der Waals surface area contributed by atoms with Gasteiger partial charge in [-0.25, -0.2) is 0 Å². The van der Waals surface area contributed by atoms with E-state index in [0.29, 0.717) is 18.7 Å². The zero-order chi connectivity index (χ0) is 13.2. The lowest BCUT2D eigenvalue weighted by molar-refractivity contribution is -0.120. The Bertz CT molecular complexity index is 226. The van der Waals surface area contributed by atoms with Crippen molar-refractivity contribution in [3.05, 3.63) is 0 Å². The average molecular weight is 256 g/mol. The molecule has 0 unspecified atom stereocenters. The summed E-state index contributed by atoms with van der Waals surface area (Å²) >= 11 is 0. The summed E-state index contributed by atoms with van der Waals surface area (Å²) in [5.74, 6) is 0.139. The quantitative estimate of drug-likeness (QED) is 0.619. The molecule has 0 saturated heterocycles. The number of carbonyl (C=O) groups is 1. The fourth-order valence-electron chi connectivity index (χ4n) is 2.22. The monoisotopic (exact) mass is 256 g/mol. The summed E-state index contributed by atoms with van der Waals surface area (Å²) in [7, 11) is 0. The van der Waals surface area contributed by atoms with E-state index < -0.39 is 0 Å². The van der Waals surface area contributed by atoms with Crippen LogP contribution in [-0.4, -0.2) is 37.7 Å². The summed E-state index contributed by atoms with van der Waals surface area (Å²) in [4.78, 5) is 11.6. The van der Waals surface area contributed by atoms with E-state index in [1.54, 1.807) is 0 Å². The number of ether oxygens (including phenoxy) is 1. The zero-order valence-electron chi connectivity index (χ0n) is 11.8. The molecule has 1 amide bonds. The summed E-state index contributed by atoms with van der Waals surface area (Å²) in [6.45, 7) is 6.24. The maximum atomic E-state index is 11.6. The van der Waals surface area contributed by atoms with Gasteiger partial charge in [0.15, 0.2) is 0 Å². The van der Waals surface area contributed by atoms with E-state index in [0.717, 1.165) is 38.8 Å². The second kappa shape index (κ2) is 9.34. The van der Waals surface area contributed by atoms with E-state index >= 15 is 0 Å². The third kappa shape index (κ3) is 7.67. The molecule has 106 valence electrons. The van der Waals surface area contributed by atoms with E-state index in [1.165, 1.54) is 12.8 Å². The van der Waals surface area contributed by atoms with E-state index in [1.807, 2.05) is 13.8 Å². The number of nitrogens with one attached hydrogen (secondary N) is 2. The van der Waals surface area contributed by atoms with Gasteiger partial charge in [-0.15, -0.1) is 0 Å². The summed E-state index contributed by atoms with van der Waals surface area (Å²) < 4.78 is 5.45. The molecule has 1 fully saturated rings. The second-order valence-electron chi connectivity index (χ2n) is 5.35. The molecule has 0 atom stereocenters. The SMILES string of the molecule is CC(C)OCCCCNCC(=O)NC1CCCC1. The molecule has 1 rings (SSSR count). The Balaban J connectivity index is 1.86. The molecule has 1 aliphatic rings. The maximum absolute atomic E-state index is 11.6. The van der Waals surface area contributed by atoms with Gasteiger partial charge in [-0.3, -0.25) is 4.79 Å². The summed E-state index contributed by atoms with van der Waals surface area (Å²) in [6, 6.07) is 0.429. The summed E-state index contributed by atoms with van der Waals surface area (Å²) in [5.41, 5.74) is 0. The van der Waals surface area contributed by atoms with Crippen LogP contribution in [0.15, 0.2) is 0 Å². The lowest BCUT2D eigenvalue weighted by Crippen LogP contribution is -2.39. The smallest absolute Gasteiger partial charge is 0.234 e. The zero-order valence-corrected chi connectivity index (χ0v) is 11.8. The Labute approximate surface area is 111 Å². The fourth-order valence-corrected chi connectivity index (χ4v) is 2.22. The molecule has 1 aliphatic carbocycles. The highest BCUT2D eigenvalue weighted by Gasteiger charge is 2.16. The molecule has 2 N–H and O–H groups in total. The van der Waals surface area contributed by atoms with Crippen molar-refractivity contribution in [2.75, 3.05) is 19.7 Å². The van der Waals surface area contributed by atoms with Crippen molar-refractivity contribution in [1.29, 1.82) is 0 Å². The van der Waals surface area contributed by atoms with Crippen molar-refractivity contribution < 1.29 is 9.53 Å². The lowest BCUT2D eigenvalue weighted by Gasteiger charge is -2.12. The highest BCUT2D eigenvalue weighted by molar-refractivity contribution is 5.78. The number of amides is 1. The normalized spacial score (nSPS) is 16.4. The molecule has 18 heavy (non-hydrogen) atoms. The molecule has 4 heteroatoms. The first-order chi connectivity index (χ1) is 8.68. The minimum Gasteiger partial charge on any atom is -0.379 e. The number of hydrogen-bond acceptors (Lipinski definition) is 3. The van der Waals surface area contributed by atoms with Gasteiger partial charge in [-0.2, -0.15) is 0 Å². The summed E-state index contributed by atoms with van der Waals surface area (Å²) in [6.07, 6.45) is 7.24. The van der Waals surface area contributed by atoms with Gasteiger partial charge in [0.25, 0.3) is 0 Å². The van der Waals surface area contributed by atoms with Crippen LogP contribution in [0.4, 0.5) is 0 Å². The Morgan fingerprint density at radius 3 is 2.67 bits per heavy atom. The lowest BCUT2D eigenvalue weighted by atomic mass is 10.2. The van der Waals surface area contributed by atoms with Crippen LogP contribution >= 0.6 is 0 Å². The molecule has 0 aromatic carbocycles. The topological polar surface area (TPSA) is 50.4 Å². The van der Waals surface area contributed by atoms with Crippen LogP contribution in [0.25, 0.3) is 0 Å². The minimum atomic E-state index is 0.139. The molecule has 0 aromatic rings. The number of carbonyl (C=O) groups excluding carboxylic acids is 1. The maximum Gasteiger partial charge on any atom is 0.234 e. The second-order valence-corrected chi connectivity index (χ2v) is 5.35. The fraction of sp³-hybridized carbons (Fsp3) is 0.929. The van der Waals surface area contributed by atoms with Gasteiger partial charge in [0.05, 0.1) is 12.6 Å². The Kier molecular flexibility index (Phi) is 8.01. The van der Waals surface area contributed by atoms with Crippen LogP contribution in [0, 0.1) is 0 Å². The van der Waals surface area contributed by atoms with Crippen molar-refractivity contribution in [1.82, 2.24) is 10.6 Å². The van der Waals surface area contributed by atoms with E-state index in [-0.39, 0.29) is 5.91 Å². The molecule has 0 radical (unpaired) electrons. The van der Waals surface area contributed by atoms with Gasteiger partial charge in [-0.05, 0) is 46.1 Å². The van der Waals surface area contributed by atoms with Gasteiger partial charge in [0, 0.05) is 12.6 Å². The van der Waals surface area contributed by atoms with Crippen LogP contribution in [0.2, 0.25) is 0 Å². The first-order valence-electron chi connectivity index (χ1n) is 7.30. The average Bonchev–Trinajstić information content (AvgIpc) is 2.80. The predicted molar refractivity (Wildman–Crippen MR) is 73.6 cm³/mol. The first kappa shape index (κ1) is 15.4. The molecule has 0 bridgehead atoms. The molecule has 0 aliphatic heterocycles. The Morgan fingerprint density at radius 2 is 2.00 bits per heavy atom. The minimum absolute atomic E-state index is 0.139. The van der Waals surface area contributed by atoms with Crippen LogP contribution < -0.4 is 10.6 Å². The third-order valence-corrected chi connectivity index (χ3v) is 3.20. The Hall–Kier alpha value is -0.610. The summed E-state index contributed by atoms with van der Waals surface area (Å²) in [5, 5.41) is 6.25. The van der Waals surface area contributed by atoms with Crippen LogP contribution in [0.1, 0.15) is 52.4 Å². The Morgan fingerprint density at radius 1 is 1.28 bits per heavy atom. The van der Waals surface area contributed by atoms with Gasteiger partial charge < -0.3 is 15.4 Å². The molecule has 0 heterocycles.